The zero-order chi connectivity index (χ0) is 61.5. The fraction of sp³-hybridized carbons (Fsp3) is 1.00. The third kappa shape index (κ3) is 61.9. The van der Waals surface area contributed by atoms with E-state index in [-0.39, 0.29) is 0 Å². The van der Waals surface area contributed by atoms with Crippen molar-refractivity contribution in [3.05, 3.63) is 0 Å². The molecule has 0 spiro atoms. The van der Waals surface area contributed by atoms with E-state index in [1.807, 2.05) is 0 Å². The van der Waals surface area contributed by atoms with Crippen molar-refractivity contribution < 1.29 is 0 Å². The zero-order valence-electron chi connectivity index (χ0n) is 61.0. The molecule has 0 aromatic rings. The lowest BCUT2D eigenvalue weighted by molar-refractivity contribution is 0.293. The molecule has 494 valence electrons. The van der Waals surface area contributed by atoms with E-state index in [9.17, 15) is 0 Å². The van der Waals surface area contributed by atoms with Gasteiger partial charge in [0, 0.05) is 39.3 Å². The van der Waals surface area contributed by atoms with Gasteiger partial charge in [-0.3, -0.25) is 14.0 Å². The SMILES string of the molecule is CC(C)(C)CCCCCCCCCN(CCCCCCCCCC(C)(C)C)P(N(CCCCCCCCCC(C)(C)C)CCCCCCCCCC(C)(C)C)N(CCCCCCCCCC(C)(C)C)CCCCCCCCCC(C)(C)C. The van der Waals surface area contributed by atoms with Gasteiger partial charge in [0.1, 0.15) is 8.37 Å². The van der Waals surface area contributed by atoms with Crippen molar-refractivity contribution in [1.29, 1.82) is 0 Å². The third-order valence-electron chi connectivity index (χ3n) is 17.8. The van der Waals surface area contributed by atoms with Gasteiger partial charge in [-0.05, 0) is 110 Å². The Labute approximate surface area is 524 Å². The second-order valence-corrected chi connectivity index (χ2v) is 37.1. The van der Waals surface area contributed by atoms with Crippen LogP contribution < -0.4 is 0 Å². The third-order valence-corrected chi connectivity index (χ3v) is 20.5. The van der Waals surface area contributed by atoms with Crippen molar-refractivity contribution >= 4 is 8.37 Å². The first-order valence-electron chi connectivity index (χ1n) is 37.6. The number of hydrogen-bond donors (Lipinski definition) is 0. The van der Waals surface area contributed by atoms with E-state index in [1.165, 1.54) is 347 Å². The summed E-state index contributed by atoms with van der Waals surface area (Å²) < 4.78 is 9.66. The molecule has 0 atom stereocenters. The molecule has 0 bridgehead atoms. The second-order valence-electron chi connectivity index (χ2n) is 34.8. The Morgan fingerprint density at radius 2 is 0.244 bits per heavy atom. The number of nitrogens with zero attached hydrogens (tertiary/aromatic N) is 3. The fourth-order valence-electron chi connectivity index (χ4n) is 12.4. The molecule has 0 aliphatic heterocycles. The average Bonchev–Trinajstić information content (AvgIpc) is 3.47. The molecule has 3 nitrogen and oxygen atoms in total. The molecule has 0 aliphatic rings. The average molecular weight is 1170 g/mol. The minimum absolute atomic E-state index is 0.477. The first kappa shape index (κ1) is 82.3. The summed E-state index contributed by atoms with van der Waals surface area (Å²) >= 11 is 0. The van der Waals surface area contributed by atoms with Crippen molar-refractivity contribution in [1.82, 2.24) is 14.0 Å². The lowest BCUT2D eigenvalue weighted by Crippen LogP contribution is -2.40. The van der Waals surface area contributed by atoms with Gasteiger partial charge in [0.25, 0.3) is 0 Å². The van der Waals surface area contributed by atoms with Gasteiger partial charge in [0.2, 0.25) is 0 Å². The predicted molar refractivity (Wildman–Crippen MR) is 380 cm³/mol. The van der Waals surface area contributed by atoms with Gasteiger partial charge >= 0.3 is 0 Å². The molecule has 0 aromatic carbocycles. The van der Waals surface area contributed by atoms with Gasteiger partial charge in [0.15, 0.2) is 0 Å². The highest BCUT2D eigenvalue weighted by atomic mass is 31.2. The molecule has 0 unspecified atom stereocenters. The highest BCUT2D eigenvalue weighted by Gasteiger charge is 2.31. The summed E-state index contributed by atoms with van der Waals surface area (Å²) in [6.45, 7) is 51.5. The Morgan fingerprint density at radius 3 is 0.354 bits per heavy atom. The first-order valence-corrected chi connectivity index (χ1v) is 38.8. The van der Waals surface area contributed by atoms with Crippen molar-refractivity contribution in [3.63, 3.8) is 0 Å². The summed E-state index contributed by atoms with van der Waals surface area (Å²) in [4.78, 5) is 0. The molecule has 0 saturated heterocycles. The van der Waals surface area contributed by atoms with Crippen LogP contribution in [-0.4, -0.2) is 53.3 Å². The maximum Gasteiger partial charge on any atom is 0.120 e. The lowest BCUT2D eigenvalue weighted by Gasteiger charge is -2.46. The molecule has 0 heterocycles. The number of rotatable bonds is 57. The van der Waals surface area contributed by atoms with Gasteiger partial charge in [-0.1, -0.05) is 356 Å². The Morgan fingerprint density at radius 1 is 0.146 bits per heavy atom. The Hall–Kier alpha value is 0.310. The second kappa shape index (κ2) is 50.1. The summed E-state index contributed by atoms with van der Waals surface area (Å²) in [5, 5.41) is 0. The van der Waals surface area contributed by atoms with Crippen LogP contribution in [0.2, 0.25) is 0 Å². The fourth-order valence-corrected chi connectivity index (χ4v) is 15.4. The molecular formula is C78H162N3P. The standard InChI is InChI=1S/C78H162N3P/c1-73(2,3)61-49-37-25-19-31-43-55-67-79(68-56-44-32-20-26-38-50-62-74(4,5)6)82(80(69-57-45-33-21-27-39-51-63-75(7,8)9)70-58-46-34-22-28-40-52-64-76(10,11)12)81(71-59-47-35-23-29-41-53-65-77(13,14)15)72-60-48-36-24-30-42-54-66-78(16,17)18/h19-72H2,1-18H3. The molecule has 82 heavy (non-hydrogen) atoms. The van der Waals surface area contributed by atoms with Gasteiger partial charge in [-0.2, -0.15) is 0 Å². The minimum atomic E-state index is -0.514. The molecule has 0 rings (SSSR count). The highest BCUT2D eigenvalue weighted by Crippen LogP contribution is 2.50. The first-order chi connectivity index (χ1) is 38.6. The Bertz CT molecular complexity index is 1070. The normalized spacial score (nSPS) is 13.4. The van der Waals surface area contributed by atoms with Gasteiger partial charge in [0.05, 0.1) is 0 Å². The Balaban J connectivity index is 6.84. The Kier molecular flexibility index (Phi) is 50.3. The summed E-state index contributed by atoms with van der Waals surface area (Å²) in [5.41, 5.74) is 2.86. The molecule has 0 saturated carbocycles. The summed E-state index contributed by atoms with van der Waals surface area (Å²) in [5.74, 6) is 0. The van der Waals surface area contributed by atoms with Crippen LogP contribution >= 0.6 is 8.37 Å². The molecule has 4 heteroatoms. The van der Waals surface area contributed by atoms with Crippen molar-refractivity contribution in [2.24, 2.45) is 32.5 Å². The smallest absolute Gasteiger partial charge is 0.120 e. The van der Waals surface area contributed by atoms with Gasteiger partial charge < -0.3 is 0 Å². The van der Waals surface area contributed by atoms with Crippen LogP contribution in [0.15, 0.2) is 0 Å². The molecule has 0 N–H and O–H groups in total. The number of unbranched alkanes of at least 4 members (excludes halogenated alkanes) is 36. The monoisotopic (exact) mass is 1170 g/mol. The molecule has 0 amide bonds. The highest BCUT2D eigenvalue weighted by molar-refractivity contribution is 7.50. The van der Waals surface area contributed by atoms with E-state index in [0.29, 0.717) is 32.5 Å². The van der Waals surface area contributed by atoms with E-state index in [0.717, 1.165) is 0 Å². The molecule has 0 aliphatic carbocycles. The summed E-state index contributed by atoms with van der Waals surface area (Å²) in [6, 6.07) is 0. The van der Waals surface area contributed by atoms with Crippen LogP contribution in [0.1, 0.15) is 433 Å². The van der Waals surface area contributed by atoms with E-state index in [4.69, 9.17) is 0 Å². The van der Waals surface area contributed by atoms with Crippen LogP contribution in [-0.2, 0) is 0 Å². The van der Waals surface area contributed by atoms with E-state index in [2.05, 4.69) is 139 Å². The van der Waals surface area contributed by atoms with E-state index >= 15 is 0 Å². The minimum Gasteiger partial charge on any atom is -0.257 e. The molecule has 0 fully saturated rings. The molecular weight excluding hydrogens is 1010 g/mol. The zero-order valence-corrected chi connectivity index (χ0v) is 61.9. The maximum atomic E-state index is 3.22. The van der Waals surface area contributed by atoms with Gasteiger partial charge in [-0.15, -0.1) is 0 Å². The van der Waals surface area contributed by atoms with Gasteiger partial charge in [-0.25, -0.2) is 0 Å². The van der Waals surface area contributed by atoms with Crippen molar-refractivity contribution in [2.45, 2.75) is 433 Å². The van der Waals surface area contributed by atoms with Crippen LogP contribution in [0.3, 0.4) is 0 Å². The topological polar surface area (TPSA) is 9.72 Å². The van der Waals surface area contributed by atoms with Crippen LogP contribution in [0.4, 0.5) is 0 Å². The predicted octanol–water partition coefficient (Wildman–Crippen LogP) is 28.1. The van der Waals surface area contributed by atoms with Crippen LogP contribution in [0.25, 0.3) is 0 Å². The molecule has 0 radical (unpaired) electrons. The van der Waals surface area contributed by atoms with Crippen molar-refractivity contribution in [2.75, 3.05) is 39.3 Å². The van der Waals surface area contributed by atoms with E-state index in [1.54, 1.807) is 0 Å². The maximum absolute atomic E-state index is 3.22. The molecule has 0 aromatic heterocycles. The number of hydrogen-bond acceptors (Lipinski definition) is 3. The van der Waals surface area contributed by atoms with Crippen molar-refractivity contribution in [3.8, 4) is 0 Å². The summed E-state index contributed by atoms with van der Waals surface area (Å²) in [6.07, 6.45) is 68.0. The van der Waals surface area contributed by atoms with Crippen LogP contribution in [0.5, 0.6) is 0 Å². The van der Waals surface area contributed by atoms with E-state index < -0.39 is 8.37 Å². The largest absolute Gasteiger partial charge is 0.257 e. The van der Waals surface area contributed by atoms with Crippen LogP contribution in [0, 0.1) is 32.5 Å². The lowest BCUT2D eigenvalue weighted by atomic mass is 9.89. The quantitative estimate of drug-likeness (QED) is 0.0444. The summed E-state index contributed by atoms with van der Waals surface area (Å²) in [7, 11) is -0.514.